The molecule has 234 valence electrons. The second-order valence-corrected chi connectivity index (χ2v) is 9.50. The van der Waals surface area contributed by atoms with Crippen LogP contribution >= 0.6 is 0 Å². The minimum atomic E-state index is -4.42. The molecule has 0 heterocycles. The lowest BCUT2D eigenvalue weighted by Gasteiger charge is -2.12. The number of carbonyl (C=O) groups is 1. The van der Waals surface area contributed by atoms with E-state index in [4.69, 9.17) is 23.9 Å². The fraction of sp³-hybridized carbons (Fsp3) is 0.303. The van der Waals surface area contributed by atoms with Gasteiger partial charge < -0.3 is 23.9 Å². The Morgan fingerprint density at radius 1 is 0.909 bits per heavy atom. The van der Waals surface area contributed by atoms with Gasteiger partial charge in [-0.15, -0.1) is 0 Å². The largest absolute Gasteiger partial charge is 0.503 e. The first-order valence-electron chi connectivity index (χ1n) is 13.8. The number of esters is 1. The predicted octanol–water partition coefficient (Wildman–Crippen LogP) is 7.56. The highest BCUT2D eigenvalue weighted by Crippen LogP contribution is 2.30. The zero-order valence-electron chi connectivity index (χ0n) is 25.0. The number of nitrogens with zero attached hydrogens (tertiary/aromatic N) is 2. The van der Waals surface area contributed by atoms with Crippen molar-refractivity contribution in [3.05, 3.63) is 107 Å². The number of methoxy groups -OCH3 is 2. The number of hydrogen-bond acceptors (Lipinski definition) is 8. The van der Waals surface area contributed by atoms with Gasteiger partial charge >= 0.3 is 12.1 Å². The number of benzene rings is 3. The Morgan fingerprint density at radius 3 is 2.34 bits per heavy atom. The van der Waals surface area contributed by atoms with E-state index in [2.05, 4.69) is 10.3 Å². The van der Waals surface area contributed by atoms with E-state index in [1.165, 1.54) is 26.5 Å². The Bertz CT molecular complexity index is 1470. The van der Waals surface area contributed by atoms with E-state index in [0.717, 1.165) is 25.0 Å². The summed E-state index contributed by atoms with van der Waals surface area (Å²) in [5.41, 5.74) is 2.67. The van der Waals surface area contributed by atoms with Crippen LogP contribution in [0, 0.1) is 0 Å². The van der Waals surface area contributed by atoms with E-state index in [1.54, 1.807) is 55.5 Å². The Labute approximate surface area is 254 Å². The normalized spacial score (nSPS) is 12.5. The monoisotopic (exact) mass is 612 g/mol. The van der Waals surface area contributed by atoms with E-state index in [1.807, 2.05) is 13.0 Å². The van der Waals surface area contributed by atoms with Crippen molar-refractivity contribution in [2.24, 2.45) is 10.3 Å². The first-order chi connectivity index (χ1) is 21.2. The Balaban J connectivity index is 1.76. The number of carbonyl (C=O) groups excluding carboxylic acids is 1. The van der Waals surface area contributed by atoms with E-state index in [-0.39, 0.29) is 18.8 Å². The fourth-order valence-electron chi connectivity index (χ4n) is 3.96. The third kappa shape index (κ3) is 9.89. The van der Waals surface area contributed by atoms with Gasteiger partial charge in [0.15, 0.2) is 0 Å². The molecule has 8 nitrogen and oxygen atoms in total. The molecule has 3 aromatic carbocycles. The molecular weight excluding hydrogens is 577 g/mol. The molecule has 0 saturated carbocycles. The van der Waals surface area contributed by atoms with Crippen LogP contribution in [0.15, 0.2) is 89.4 Å². The summed E-state index contributed by atoms with van der Waals surface area (Å²) in [5, 5.41) is 8.54. The van der Waals surface area contributed by atoms with Crippen molar-refractivity contribution in [1.29, 1.82) is 0 Å². The number of unbranched alkanes of at least 4 members (excludes halogenated alkanes) is 1. The zero-order chi connectivity index (χ0) is 32.0. The van der Waals surface area contributed by atoms with Crippen LogP contribution in [0.2, 0.25) is 0 Å². The number of halogens is 3. The maximum atomic E-state index is 13.0. The van der Waals surface area contributed by atoms with Gasteiger partial charge in [0.25, 0.3) is 0 Å². The number of rotatable bonds is 15. The predicted molar refractivity (Wildman–Crippen MR) is 161 cm³/mol. The van der Waals surface area contributed by atoms with Gasteiger partial charge in [-0.2, -0.15) is 13.2 Å². The van der Waals surface area contributed by atoms with Gasteiger partial charge in [-0.05, 0) is 60.9 Å². The lowest BCUT2D eigenvalue weighted by Crippen LogP contribution is -2.14. The zero-order valence-corrected chi connectivity index (χ0v) is 25.0. The lowest BCUT2D eigenvalue weighted by atomic mass is 10.0. The Hall–Kier alpha value is -4.80. The minimum absolute atomic E-state index is 0.0304. The Morgan fingerprint density at radius 2 is 1.66 bits per heavy atom. The molecule has 0 saturated heterocycles. The second-order valence-electron chi connectivity index (χ2n) is 9.50. The summed E-state index contributed by atoms with van der Waals surface area (Å²) in [6.45, 7) is 4.19. The number of ether oxygens (including phenoxy) is 3. The van der Waals surface area contributed by atoms with Gasteiger partial charge in [0.05, 0.1) is 26.0 Å². The smallest absolute Gasteiger partial charge is 0.416 e. The highest BCUT2D eigenvalue weighted by molar-refractivity contribution is 6.47. The van der Waals surface area contributed by atoms with Gasteiger partial charge in [-0.25, -0.2) is 4.79 Å². The molecule has 0 spiro atoms. The first kappa shape index (κ1) is 33.7. The summed E-state index contributed by atoms with van der Waals surface area (Å²) < 4.78 is 54.7. The summed E-state index contributed by atoms with van der Waals surface area (Å²) in [6, 6.07) is 19.0. The molecule has 3 aromatic rings. The van der Waals surface area contributed by atoms with Gasteiger partial charge in [-0.1, -0.05) is 60.1 Å². The summed E-state index contributed by atoms with van der Waals surface area (Å²) in [7, 11) is 2.73. The number of alkyl halides is 3. The molecule has 0 bridgehead atoms. The van der Waals surface area contributed by atoms with Crippen molar-refractivity contribution in [2.45, 2.75) is 46.1 Å². The molecule has 3 rings (SSSR count). The minimum Gasteiger partial charge on any atom is -0.503 e. The summed E-state index contributed by atoms with van der Waals surface area (Å²) in [4.78, 5) is 23.5. The van der Waals surface area contributed by atoms with Gasteiger partial charge in [-0.3, -0.25) is 0 Å². The average molecular weight is 613 g/mol. The lowest BCUT2D eigenvalue weighted by molar-refractivity contribution is -0.137. The molecule has 0 unspecified atom stereocenters. The quantitative estimate of drug-likeness (QED) is 0.0440. The van der Waals surface area contributed by atoms with E-state index in [9.17, 15) is 18.0 Å². The van der Waals surface area contributed by atoms with Crippen molar-refractivity contribution >= 4 is 23.0 Å². The second kappa shape index (κ2) is 16.7. The van der Waals surface area contributed by atoms with E-state index >= 15 is 0 Å². The summed E-state index contributed by atoms with van der Waals surface area (Å²) in [5.74, 6) is -0.0923. The molecule has 0 atom stereocenters. The average Bonchev–Trinajstić information content (AvgIpc) is 3.02. The molecule has 0 radical (unpaired) electrons. The molecule has 0 aliphatic rings. The SMILES string of the molecule is CCCCON=C(C(C)=NOCc1ccccc1C(=COC)C(=O)OC)c1ccc(OCc2cccc(C(F)(F)F)c2)cc1. The van der Waals surface area contributed by atoms with Crippen molar-refractivity contribution in [1.82, 2.24) is 0 Å². The maximum absolute atomic E-state index is 13.0. The molecule has 11 heteroatoms. The molecule has 0 aliphatic carbocycles. The molecule has 0 N–H and O–H groups in total. The van der Waals surface area contributed by atoms with Crippen LogP contribution in [-0.4, -0.2) is 38.2 Å². The van der Waals surface area contributed by atoms with E-state index < -0.39 is 17.7 Å². The molecule has 0 aliphatic heterocycles. The van der Waals surface area contributed by atoms with Gasteiger partial charge in [0, 0.05) is 11.1 Å². The third-order valence-electron chi connectivity index (χ3n) is 6.25. The van der Waals surface area contributed by atoms with Crippen molar-refractivity contribution < 1.29 is 41.9 Å². The van der Waals surface area contributed by atoms with E-state index in [0.29, 0.717) is 46.0 Å². The van der Waals surface area contributed by atoms with Gasteiger partial charge in [0.1, 0.15) is 42.6 Å². The van der Waals surface area contributed by atoms with Crippen LogP contribution in [0.1, 0.15) is 54.5 Å². The van der Waals surface area contributed by atoms with Crippen molar-refractivity contribution in [3.63, 3.8) is 0 Å². The topological polar surface area (TPSA) is 87.9 Å². The van der Waals surface area contributed by atoms with Crippen LogP contribution in [0.5, 0.6) is 5.75 Å². The highest BCUT2D eigenvalue weighted by Gasteiger charge is 2.30. The molecule has 0 fully saturated rings. The molecule has 0 amide bonds. The fourth-order valence-corrected chi connectivity index (χ4v) is 3.96. The van der Waals surface area contributed by atoms with Crippen LogP contribution in [-0.2, 0) is 43.3 Å². The van der Waals surface area contributed by atoms with Crippen molar-refractivity contribution in [3.8, 4) is 5.75 Å². The molecule has 44 heavy (non-hydrogen) atoms. The van der Waals surface area contributed by atoms with Crippen LogP contribution in [0.3, 0.4) is 0 Å². The number of oxime groups is 2. The van der Waals surface area contributed by atoms with Crippen LogP contribution in [0.4, 0.5) is 13.2 Å². The van der Waals surface area contributed by atoms with Crippen LogP contribution in [0.25, 0.3) is 5.57 Å². The van der Waals surface area contributed by atoms with Crippen molar-refractivity contribution in [2.75, 3.05) is 20.8 Å². The number of hydrogen-bond donors (Lipinski definition) is 0. The first-order valence-corrected chi connectivity index (χ1v) is 13.8. The van der Waals surface area contributed by atoms with Crippen LogP contribution < -0.4 is 4.74 Å². The highest BCUT2D eigenvalue weighted by atomic mass is 19.4. The molecular formula is C33H35F3N2O6. The third-order valence-corrected chi connectivity index (χ3v) is 6.25. The van der Waals surface area contributed by atoms with Gasteiger partial charge in [0.2, 0.25) is 0 Å². The summed E-state index contributed by atoms with van der Waals surface area (Å²) >= 11 is 0. The standard InChI is InChI=1S/C33H35F3N2O6/c1-5-6-18-43-38-31(23(2)37-44-21-26-11-7-8-13-29(26)30(22-40-3)32(39)41-4)25-14-16-28(17-15-25)42-20-24-10-9-12-27(19-24)33(34,35)36/h7-17,19,22H,5-6,18,20-21H2,1-4H3. The maximum Gasteiger partial charge on any atom is 0.416 e. The summed E-state index contributed by atoms with van der Waals surface area (Å²) in [6.07, 6.45) is -1.36. The Kier molecular flexibility index (Phi) is 12.8. The molecule has 0 aromatic heterocycles.